The van der Waals surface area contributed by atoms with E-state index in [9.17, 15) is 4.79 Å². The summed E-state index contributed by atoms with van der Waals surface area (Å²) in [5, 5.41) is 3.46. The molecule has 1 atom stereocenters. The van der Waals surface area contributed by atoms with Crippen LogP contribution in [-0.4, -0.2) is 37.3 Å². The van der Waals surface area contributed by atoms with Gasteiger partial charge in [0.05, 0.1) is 23.9 Å². The van der Waals surface area contributed by atoms with Crippen LogP contribution in [-0.2, 0) is 14.3 Å². The summed E-state index contributed by atoms with van der Waals surface area (Å²) >= 11 is 11.9. The topological polar surface area (TPSA) is 69.7 Å². The molecule has 1 unspecified atom stereocenters. The molecular formula is C18H18Cl2N2O4. The lowest BCUT2D eigenvalue weighted by Gasteiger charge is -2.13. The Labute approximate surface area is 161 Å². The fraction of sp³-hybridized carbons (Fsp3) is 0.333. The van der Waals surface area contributed by atoms with Gasteiger partial charge >= 0.3 is 0 Å². The molecule has 1 aliphatic rings. The Hall–Kier alpha value is -1.86. The monoisotopic (exact) mass is 396 g/mol. The number of hydrogen-bond donors (Lipinski definition) is 1. The predicted octanol–water partition coefficient (Wildman–Crippen LogP) is 4.17. The van der Waals surface area contributed by atoms with E-state index < -0.39 is 0 Å². The molecule has 138 valence electrons. The standard InChI is InChI=1S/C18H18Cl2N2O4/c19-13-7-14(20)18(21-8-13)26-16-4-2-1-3-15(16)22-17(23)11-25-10-12-5-6-24-9-12/h1-4,7-8,12H,5-6,9-11H2,(H,22,23). The molecule has 1 fully saturated rings. The average molecular weight is 397 g/mol. The van der Waals surface area contributed by atoms with Crippen molar-refractivity contribution in [2.45, 2.75) is 6.42 Å². The highest BCUT2D eigenvalue weighted by Crippen LogP contribution is 2.33. The van der Waals surface area contributed by atoms with E-state index in [2.05, 4.69) is 10.3 Å². The van der Waals surface area contributed by atoms with Gasteiger partial charge in [-0.2, -0.15) is 0 Å². The van der Waals surface area contributed by atoms with Crippen LogP contribution >= 0.6 is 23.2 Å². The van der Waals surface area contributed by atoms with Gasteiger partial charge in [0.2, 0.25) is 11.8 Å². The SMILES string of the molecule is O=C(COCC1CCOC1)Nc1ccccc1Oc1ncc(Cl)cc1Cl. The number of nitrogens with one attached hydrogen (secondary N) is 1. The van der Waals surface area contributed by atoms with Crippen LogP contribution in [0, 0.1) is 5.92 Å². The van der Waals surface area contributed by atoms with Gasteiger partial charge in [0.1, 0.15) is 11.6 Å². The Morgan fingerprint density at radius 3 is 2.96 bits per heavy atom. The van der Waals surface area contributed by atoms with Gasteiger partial charge in [-0.25, -0.2) is 4.98 Å². The predicted molar refractivity (Wildman–Crippen MR) is 99.1 cm³/mol. The van der Waals surface area contributed by atoms with E-state index in [1.165, 1.54) is 12.3 Å². The quantitative estimate of drug-likeness (QED) is 0.760. The fourth-order valence-corrected chi connectivity index (χ4v) is 2.88. The lowest BCUT2D eigenvalue weighted by atomic mass is 10.1. The Bertz CT molecular complexity index is 767. The normalized spacial score (nSPS) is 16.5. The van der Waals surface area contributed by atoms with Crippen molar-refractivity contribution in [3.8, 4) is 11.6 Å². The third-order valence-corrected chi connectivity index (χ3v) is 4.23. The lowest BCUT2D eigenvalue weighted by Crippen LogP contribution is -2.21. The Balaban J connectivity index is 1.58. The molecule has 0 radical (unpaired) electrons. The molecule has 1 N–H and O–H groups in total. The highest BCUT2D eigenvalue weighted by atomic mass is 35.5. The first kappa shape index (κ1) is 18.9. The number of anilines is 1. The Kier molecular flexibility index (Phi) is 6.68. The molecule has 1 aliphatic heterocycles. The van der Waals surface area contributed by atoms with Gasteiger partial charge in [-0.3, -0.25) is 4.79 Å². The second-order valence-electron chi connectivity index (χ2n) is 5.83. The summed E-state index contributed by atoms with van der Waals surface area (Å²) in [6, 6.07) is 8.54. The van der Waals surface area contributed by atoms with Crippen LogP contribution in [0.15, 0.2) is 36.5 Å². The third kappa shape index (κ3) is 5.32. The second kappa shape index (κ2) is 9.19. The third-order valence-electron chi connectivity index (χ3n) is 3.75. The summed E-state index contributed by atoms with van der Waals surface area (Å²) in [6.45, 7) is 1.92. The first-order valence-corrected chi connectivity index (χ1v) is 8.90. The highest BCUT2D eigenvalue weighted by molar-refractivity contribution is 6.35. The molecular weight excluding hydrogens is 379 g/mol. The maximum atomic E-state index is 12.1. The maximum Gasteiger partial charge on any atom is 0.250 e. The van der Waals surface area contributed by atoms with E-state index in [0.717, 1.165) is 13.0 Å². The van der Waals surface area contributed by atoms with Crippen molar-refractivity contribution in [2.75, 3.05) is 31.7 Å². The smallest absolute Gasteiger partial charge is 0.250 e. The van der Waals surface area contributed by atoms with E-state index in [4.69, 9.17) is 37.4 Å². The summed E-state index contributed by atoms with van der Waals surface area (Å²) in [5.74, 6) is 0.712. The van der Waals surface area contributed by atoms with Crippen molar-refractivity contribution in [1.82, 2.24) is 4.98 Å². The zero-order valence-corrected chi connectivity index (χ0v) is 15.4. The average Bonchev–Trinajstić information content (AvgIpc) is 3.12. The van der Waals surface area contributed by atoms with E-state index >= 15 is 0 Å². The number of amides is 1. The van der Waals surface area contributed by atoms with Gasteiger partial charge in [-0.1, -0.05) is 35.3 Å². The van der Waals surface area contributed by atoms with E-state index in [0.29, 0.717) is 35.6 Å². The molecule has 6 nitrogen and oxygen atoms in total. The van der Waals surface area contributed by atoms with Crippen LogP contribution in [0.5, 0.6) is 11.6 Å². The molecule has 1 aromatic carbocycles. The highest BCUT2D eigenvalue weighted by Gasteiger charge is 2.17. The maximum absolute atomic E-state index is 12.1. The van der Waals surface area contributed by atoms with Gasteiger partial charge in [-0.15, -0.1) is 0 Å². The zero-order valence-electron chi connectivity index (χ0n) is 13.9. The first-order valence-electron chi connectivity index (χ1n) is 8.15. The number of halogens is 2. The molecule has 0 spiro atoms. The largest absolute Gasteiger partial charge is 0.435 e. The number of benzene rings is 1. The molecule has 0 aliphatic carbocycles. The Morgan fingerprint density at radius 1 is 1.35 bits per heavy atom. The number of carbonyl (C=O) groups excluding carboxylic acids is 1. The molecule has 8 heteroatoms. The van der Waals surface area contributed by atoms with Crippen molar-refractivity contribution in [1.29, 1.82) is 0 Å². The van der Waals surface area contributed by atoms with E-state index in [-0.39, 0.29) is 23.4 Å². The number of para-hydroxylation sites is 2. The van der Waals surface area contributed by atoms with Gasteiger partial charge in [0, 0.05) is 18.7 Å². The van der Waals surface area contributed by atoms with E-state index in [1.807, 2.05) is 0 Å². The van der Waals surface area contributed by atoms with Crippen LogP contribution in [0.2, 0.25) is 10.0 Å². The van der Waals surface area contributed by atoms with Crippen molar-refractivity contribution in [2.24, 2.45) is 5.92 Å². The van der Waals surface area contributed by atoms with Gasteiger partial charge in [0.15, 0.2) is 5.75 Å². The summed E-state index contributed by atoms with van der Waals surface area (Å²) < 4.78 is 16.4. The number of ether oxygens (including phenoxy) is 3. The molecule has 1 aromatic heterocycles. The molecule has 2 heterocycles. The fourth-order valence-electron chi connectivity index (χ4n) is 2.46. The molecule has 2 aromatic rings. The summed E-state index contributed by atoms with van der Waals surface area (Å²) in [7, 11) is 0. The van der Waals surface area contributed by atoms with Crippen molar-refractivity contribution in [3.63, 3.8) is 0 Å². The number of pyridine rings is 1. The summed E-state index contributed by atoms with van der Waals surface area (Å²) in [4.78, 5) is 16.2. The van der Waals surface area contributed by atoms with Gasteiger partial charge in [-0.05, 0) is 24.6 Å². The molecule has 0 saturated carbocycles. The Morgan fingerprint density at radius 2 is 2.19 bits per heavy atom. The minimum absolute atomic E-state index is 0.0369. The lowest BCUT2D eigenvalue weighted by molar-refractivity contribution is -0.121. The molecule has 1 saturated heterocycles. The summed E-state index contributed by atoms with van der Waals surface area (Å²) in [5.41, 5.74) is 0.498. The van der Waals surface area contributed by atoms with E-state index in [1.54, 1.807) is 24.3 Å². The number of aromatic nitrogens is 1. The minimum atomic E-state index is -0.268. The van der Waals surface area contributed by atoms with Crippen LogP contribution in [0.3, 0.4) is 0 Å². The second-order valence-corrected chi connectivity index (χ2v) is 6.68. The van der Waals surface area contributed by atoms with Crippen molar-refractivity contribution >= 4 is 34.8 Å². The van der Waals surface area contributed by atoms with Gasteiger partial charge in [0.25, 0.3) is 0 Å². The van der Waals surface area contributed by atoms with Crippen molar-refractivity contribution < 1.29 is 19.0 Å². The number of carbonyl (C=O) groups is 1. The van der Waals surface area contributed by atoms with Crippen molar-refractivity contribution in [3.05, 3.63) is 46.6 Å². The number of nitrogens with zero attached hydrogens (tertiary/aromatic N) is 1. The molecule has 1 amide bonds. The van der Waals surface area contributed by atoms with Crippen LogP contribution in [0.1, 0.15) is 6.42 Å². The molecule has 26 heavy (non-hydrogen) atoms. The minimum Gasteiger partial charge on any atom is -0.435 e. The summed E-state index contributed by atoms with van der Waals surface area (Å²) in [6.07, 6.45) is 2.40. The number of rotatable bonds is 7. The first-order chi connectivity index (χ1) is 12.6. The van der Waals surface area contributed by atoms with Gasteiger partial charge < -0.3 is 19.5 Å². The molecule has 3 rings (SSSR count). The van der Waals surface area contributed by atoms with Crippen LogP contribution < -0.4 is 10.1 Å². The molecule has 0 bridgehead atoms. The van der Waals surface area contributed by atoms with Crippen LogP contribution in [0.25, 0.3) is 0 Å². The zero-order chi connectivity index (χ0) is 18.4. The van der Waals surface area contributed by atoms with Crippen LogP contribution in [0.4, 0.5) is 5.69 Å². The number of hydrogen-bond acceptors (Lipinski definition) is 5.